The number of amides is 1. The summed E-state index contributed by atoms with van der Waals surface area (Å²) in [4.78, 5) is 14.6. The lowest BCUT2D eigenvalue weighted by atomic mass is 9.99. The Morgan fingerprint density at radius 1 is 1.12 bits per heavy atom. The van der Waals surface area contributed by atoms with Crippen LogP contribution in [0, 0.1) is 12.8 Å². The highest BCUT2D eigenvalue weighted by Crippen LogP contribution is 2.30. The average Bonchev–Trinajstić information content (AvgIpc) is 3.26. The van der Waals surface area contributed by atoms with Crippen molar-refractivity contribution in [2.24, 2.45) is 5.92 Å². The van der Waals surface area contributed by atoms with Gasteiger partial charge in [-0.15, -0.1) is 10.2 Å². The minimum atomic E-state index is 0.277. The maximum atomic E-state index is 12.6. The van der Waals surface area contributed by atoms with Crippen LogP contribution in [-0.4, -0.2) is 51.5 Å². The molecule has 0 bridgehead atoms. The summed E-state index contributed by atoms with van der Waals surface area (Å²) in [5, 5.41) is 9.85. The number of hydrogen-bond donors (Lipinski definition) is 0. The monoisotopic (exact) mass is 464 g/mol. The molecule has 4 rings (SSSR count). The Kier molecular flexibility index (Phi) is 7.70. The highest BCUT2D eigenvalue weighted by Gasteiger charge is 2.20. The molecular formula is C26H32N4O2S. The highest BCUT2D eigenvalue weighted by molar-refractivity contribution is 7.99. The highest BCUT2D eigenvalue weighted by atomic mass is 32.2. The maximum Gasteiger partial charge on any atom is 0.222 e. The summed E-state index contributed by atoms with van der Waals surface area (Å²) in [6.07, 6.45) is 3.65. The van der Waals surface area contributed by atoms with E-state index in [2.05, 4.69) is 52.9 Å². The van der Waals surface area contributed by atoms with Gasteiger partial charge in [-0.2, -0.15) is 0 Å². The Bertz CT molecular complexity index is 1070. The summed E-state index contributed by atoms with van der Waals surface area (Å²) in [6, 6.07) is 16.2. The number of thioether (sulfide) groups is 1. The van der Waals surface area contributed by atoms with Crippen molar-refractivity contribution in [3.05, 3.63) is 54.1 Å². The van der Waals surface area contributed by atoms with E-state index in [9.17, 15) is 4.79 Å². The van der Waals surface area contributed by atoms with Gasteiger partial charge in [0.15, 0.2) is 11.0 Å². The second-order valence-electron chi connectivity index (χ2n) is 8.72. The number of piperidine rings is 1. The SMILES string of the molecule is COc1cccc(-c2nnc(SCCCC(=O)N3CCC(C)CC3)n2-c2ccc(C)cc2)c1. The summed E-state index contributed by atoms with van der Waals surface area (Å²) in [5.74, 6) is 3.39. The van der Waals surface area contributed by atoms with Crippen molar-refractivity contribution in [1.82, 2.24) is 19.7 Å². The second kappa shape index (κ2) is 10.9. The van der Waals surface area contributed by atoms with Gasteiger partial charge in [-0.05, 0) is 56.4 Å². The number of carbonyl (C=O) groups excluding carboxylic acids is 1. The van der Waals surface area contributed by atoms with E-state index in [0.29, 0.717) is 6.42 Å². The normalized spacial score (nSPS) is 14.5. The number of likely N-dealkylation sites (tertiary alicyclic amines) is 1. The molecule has 1 aliphatic rings. The fraction of sp³-hybridized carbons (Fsp3) is 0.423. The molecule has 2 aromatic carbocycles. The average molecular weight is 465 g/mol. The minimum absolute atomic E-state index is 0.277. The molecule has 1 aromatic heterocycles. The van der Waals surface area contributed by atoms with Crippen LogP contribution in [0.2, 0.25) is 0 Å². The molecule has 33 heavy (non-hydrogen) atoms. The molecular weight excluding hydrogens is 432 g/mol. The summed E-state index contributed by atoms with van der Waals surface area (Å²) in [7, 11) is 1.66. The second-order valence-corrected chi connectivity index (χ2v) is 9.79. The van der Waals surface area contributed by atoms with Crippen LogP contribution in [0.4, 0.5) is 0 Å². The topological polar surface area (TPSA) is 60.3 Å². The Hall–Kier alpha value is -2.80. The first-order chi connectivity index (χ1) is 16.0. The van der Waals surface area contributed by atoms with Crippen LogP contribution in [0.1, 0.15) is 38.2 Å². The number of methoxy groups -OCH3 is 1. The van der Waals surface area contributed by atoms with E-state index >= 15 is 0 Å². The summed E-state index contributed by atoms with van der Waals surface area (Å²) in [6.45, 7) is 6.15. The van der Waals surface area contributed by atoms with Gasteiger partial charge < -0.3 is 9.64 Å². The lowest BCUT2D eigenvalue weighted by Gasteiger charge is -2.30. The van der Waals surface area contributed by atoms with Crippen molar-refractivity contribution < 1.29 is 9.53 Å². The van der Waals surface area contributed by atoms with Crippen molar-refractivity contribution in [2.45, 2.75) is 44.7 Å². The summed E-state index contributed by atoms with van der Waals surface area (Å²) >= 11 is 1.65. The van der Waals surface area contributed by atoms with Gasteiger partial charge in [-0.25, -0.2) is 0 Å². The van der Waals surface area contributed by atoms with E-state index < -0.39 is 0 Å². The first-order valence-corrected chi connectivity index (χ1v) is 12.6. The van der Waals surface area contributed by atoms with E-state index in [1.54, 1.807) is 18.9 Å². The van der Waals surface area contributed by atoms with Gasteiger partial charge in [0.2, 0.25) is 5.91 Å². The number of rotatable bonds is 8. The van der Waals surface area contributed by atoms with E-state index in [0.717, 1.165) is 72.0 Å². The lowest BCUT2D eigenvalue weighted by molar-refractivity contribution is -0.132. The van der Waals surface area contributed by atoms with Crippen LogP contribution in [0.5, 0.6) is 5.75 Å². The molecule has 0 aliphatic carbocycles. The molecule has 0 radical (unpaired) electrons. The molecule has 6 nitrogen and oxygen atoms in total. The molecule has 1 fully saturated rings. The van der Waals surface area contributed by atoms with Crippen LogP contribution in [0.3, 0.4) is 0 Å². The third-order valence-corrected chi connectivity index (χ3v) is 7.17. The Labute approximate surface area is 200 Å². The molecule has 0 unspecified atom stereocenters. The largest absolute Gasteiger partial charge is 0.497 e. The van der Waals surface area contributed by atoms with Gasteiger partial charge in [0, 0.05) is 36.5 Å². The molecule has 0 N–H and O–H groups in total. The van der Waals surface area contributed by atoms with Crippen LogP contribution < -0.4 is 4.74 Å². The fourth-order valence-corrected chi connectivity index (χ4v) is 4.93. The van der Waals surface area contributed by atoms with Crippen molar-refractivity contribution in [3.8, 4) is 22.8 Å². The molecule has 3 aromatic rings. The van der Waals surface area contributed by atoms with Gasteiger partial charge in [0.05, 0.1) is 7.11 Å². The van der Waals surface area contributed by atoms with E-state index in [1.165, 1.54) is 5.56 Å². The molecule has 1 aliphatic heterocycles. The zero-order chi connectivity index (χ0) is 23.2. The number of aromatic nitrogens is 3. The van der Waals surface area contributed by atoms with Crippen molar-refractivity contribution in [3.63, 3.8) is 0 Å². The standard InChI is InChI=1S/C26H32N4O2S/c1-19-9-11-22(12-10-19)30-25(21-6-4-7-23(18-21)32-3)27-28-26(30)33-17-5-8-24(31)29-15-13-20(2)14-16-29/h4,6-7,9-12,18,20H,5,8,13-17H2,1-3H3. The number of hydrogen-bond acceptors (Lipinski definition) is 5. The van der Waals surface area contributed by atoms with Crippen LogP contribution in [0.15, 0.2) is 53.7 Å². The minimum Gasteiger partial charge on any atom is -0.497 e. The maximum absolute atomic E-state index is 12.6. The van der Waals surface area contributed by atoms with Crippen LogP contribution >= 0.6 is 11.8 Å². The third kappa shape index (κ3) is 5.77. The summed E-state index contributed by atoms with van der Waals surface area (Å²) < 4.78 is 7.49. The van der Waals surface area contributed by atoms with Crippen molar-refractivity contribution in [1.29, 1.82) is 0 Å². The van der Waals surface area contributed by atoms with Gasteiger partial charge >= 0.3 is 0 Å². The molecule has 2 heterocycles. The van der Waals surface area contributed by atoms with Crippen molar-refractivity contribution >= 4 is 17.7 Å². The van der Waals surface area contributed by atoms with Gasteiger partial charge in [-0.1, -0.05) is 48.5 Å². The summed E-state index contributed by atoms with van der Waals surface area (Å²) in [5.41, 5.74) is 3.17. The van der Waals surface area contributed by atoms with E-state index in [1.807, 2.05) is 29.2 Å². The Morgan fingerprint density at radius 2 is 1.88 bits per heavy atom. The van der Waals surface area contributed by atoms with Crippen LogP contribution in [-0.2, 0) is 4.79 Å². The predicted molar refractivity (Wildman–Crippen MR) is 133 cm³/mol. The fourth-order valence-electron chi connectivity index (χ4n) is 4.04. The molecule has 174 valence electrons. The zero-order valence-electron chi connectivity index (χ0n) is 19.7. The number of nitrogens with zero attached hydrogens (tertiary/aromatic N) is 4. The molecule has 0 saturated carbocycles. The lowest BCUT2D eigenvalue weighted by Crippen LogP contribution is -2.37. The molecule has 1 saturated heterocycles. The molecule has 1 amide bonds. The number of aryl methyl sites for hydroxylation is 1. The van der Waals surface area contributed by atoms with Gasteiger partial charge in [0.1, 0.15) is 5.75 Å². The van der Waals surface area contributed by atoms with Gasteiger partial charge in [0.25, 0.3) is 0 Å². The first-order valence-electron chi connectivity index (χ1n) is 11.6. The van der Waals surface area contributed by atoms with Crippen molar-refractivity contribution in [2.75, 3.05) is 26.0 Å². The number of carbonyl (C=O) groups is 1. The Morgan fingerprint density at radius 3 is 2.61 bits per heavy atom. The number of ether oxygens (including phenoxy) is 1. The zero-order valence-corrected chi connectivity index (χ0v) is 20.5. The third-order valence-electron chi connectivity index (χ3n) is 6.16. The smallest absolute Gasteiger partial charge is 0.222 e. The van der Waals surface area contributed by atoms with E-state index in [-0.39, 0.29) is 5.91 Å². The predicted octanol–water partition coefficient (Wildman–Crippen LogP) is 5.38. The number of benzene rings is 2. The Balaban J connectivity index is 1.48. The van der Waals surface area contributed by atoms with Crippen LogP contribution in [0.25, 0.3) is 17.1 Å². The van der Waals surface area contributed by atoms with E-state index in [4.69, 9.17) is 4.74 Å². The first kappa shape index (κ1) is 23.4. The molecule has 0 spiro atoms. The quantitative estimate of drug-likeness (QED) is 0.331. The molecule has 7 heteroatoms. The molecule has 0 atom stereocenters. The van der Waals surface area contributed by atoms with Gasteiger partial charge in [-0.3, -0.25) is 9.36 Å².